The number of hydrogen-bond acceptors (Lipinski definition) is 3. The molecule has 2 amide bonds. The largest absolute Gasteiger partial charge is 0.337 e. The van der Waals surface area contributed by atoms with E-state index >= 15 is 0 Å². The van der Waals surface area contributed by atoms with E-state index in [2.05, 4.69) is 25.6 Å². The molecular formula is C19H17N5O. The summed E-state index contributed by atoms with van der Waals surface area (Å²) < 4.78 is 0. The Morgan fingerprint density at radius 2 is 2.04 bits per heavy atom. The van der Waals surface area contributed by atoms with Crippen molar-refractivity contribution in [1.29, 1.82) is 0 Å². The van der Waals surface area contributed by atoms with Gasteiger partial charge in [-0.25, -0.2) is 9.78 Å². The number of hydrogen-bond donors (Lipinski definition) is 3. The molecule has 0 unspecified atom stereocenters. The van der Waals surface area contributed by atoms with Crippen LogP contribution in [0.25, 0.3) is 11.0 Å². The average molecular weight is 331 g/mol. The zero-order valence-corrected chi connectivity index (χ0v) is 13.5. The Balaban J connectivity index is 1.45. The van der Waals surface area contributed by atoms with E-state index in [0.29, 0.717) is 12.6 Å². The summed E-state index contributed by atoms with van der Waals surface area (Å²) in [6.07, 6.45) is 2.14. The summed E-state index contributed by atoms with van der Waals surface area (Å²) in [4.78, 5) is 24.6. The summed E-state index contributed by atoms with van der Waals surface area (Å²) in [5.74, 6) is 0.763. The molecule has 0 saturated heterocycles. The number of rotatable bonds is 3. The van der Waals surface area contributed by atoms with Crippen LogP contribution in [0.4, 0.5) is 10.5 Å². The van der Waals surface area contributed by atoms with E-state index in [9.17, 15) is 4.79 Å². The van der Waals surface area contributed by atoms with E-state index in [1.807, 2.05) is 42.5 Å². The molecule has 3 N–H and O–H groups in total. The van der Waals surface area contributed by atoms with Crippen molar-refractivity contribution < 1.29 is 4.79 Å². The molecule has 1 saturated carbocycles. The minimum absolute atomic E-state index is 0.150. The third-order valence-corrected chi connectivity index (χ3v) is 4.56. The molecule has 2 heterocycles. The van der Waals surface area contributed by atoms with Gasteiger partial charge in [0.05, 0.1) is 17.6 Å². The number of fused-ring (bicyclic) bond motifs is 2. The second kappa shape index (κ2) is 5.44. The predicted octanol–water partition coefficient (Wildman–Crippen LogP) is 3.20. The molecule has 0 radical (unpaired) electrons. The molecule has 2 aromatic carbocycles. The van der Waals surface area contributed by atoms with Crippen LogP contribution in [-0.2, 0) is 6.54 Å². The fourth-order valence-corrected chi connectivity index (χ4v) is 3.11. The van der Waals surface area contributed by atoms with Crippen LogP contribution in [-0.4, -0.2) is 27.8 Å². The molecule has 6 nitrogen and oxygen atoms in total. The summed E-state index contributed by atoms with van der Waals surface area (Å²) in [5.41, 5.74) is 5.69. The zero-order valence-electron chi connectivity index (χ0n) is 13.5. The van der Waals surface area contributed by atoms with E-state index in [0.717, 1.165) is 52.2 Å². The normalized spacial score (nSPS) is 15.8. The maximum absolute atomic E-state index is 12.0. The van der Waals surface area contributed by atoms with Gasteiger partial charge in [0.1, 0.15) is 5.71 Å². The van der Waals surface area contributed by atoms with E-state index in [1.54, 1.807) is 0 Å². The number of imidazole rings is 1. The van der Waals surface area contributed by atoms with Gasteiger partial charge in [0, 0.05) is 17.3 Å². The maximum atomic E-state index is 12.0. The average Bonchev–Trinajstić information content (AvgIpc) is 3.17. The summed E-state index contributed by atoms with van der Waals surface area (Å²) in [7, 11) is 0. The molecule has 0 atom stereocenters. The molecule has 1 aliphatic heterocycles. The van der Waals surface area contributed by atoms with Crippen LogP contribution in [0.1, 0.15) is 29.8 Å². The predicted molar refractivity (Wildman–Crippen MR) is 97.1 cm³/mol. The van der Waals surface area contributed by atoms with Crippen LogP contribution in [0.5, 0.6) is 0 Å². The zero-order chi connectivity index (χ0) is 16.8. The number of amides is 2. The highest BCUT2D eigenvalue weighted by atomic mass is 16.2. The minimum atomic E-state index is -0.150. The summed E-state index contributed by atoms with van der Waals surface area (Å²) in [5, 5.41) is 5.84. The van der Waals surface area contributed by atoms with Gasteiger partial charge < -0.3 is 15.6 Å². The molecule has 124 valence electrons. The lowest BCUT2D eigenvalue weighted by Crippen LogP contribution is -2.30. The number of benzene rings is 2. The van der Waals surface area contributed by atoms with Gasteiger partial charge in [-0.15, -0.1) is 0 Å². The molecule has 1 aliphatic carbocycles. The van der Waals surface area contributed by atoms with Crippen LogP contribution < -0.4 is 10.6 Å². The number of anilines is 1. The molecule has 25 heavy (non-hydrogen) atoms. The molecule has 0 bridgehead atoms. The lowest BCUT2D eigenvalue weighted by molar-refractivity contribution is 0.251. The summed E-state index contributed by atoms with van der Waals surface area (Å²) >= 11 is 0. The molecule has 6 heteroatoms. The number of nitrogens with zero attached hydrogens (tertiary/aromatic N) is 2. The molecule has 5 rings (SSSR count). The van der Waals surface area contributed by atoms with Crippen LogP contribution in [0.15, 0.2) is 47.5 Å². The van der Waals surface area contributed by atoms with Crippen LogP contribution in [0.2, 0.25) is 0 Å². The first-order valence-corrected chi connectivity index (χ1v) is 8.47. The summed E-state index contributed by atoms with van der Waals surface area (Å²) in [6.45, 7) is 0.635. The van der Waals surface area contributed by atoms with Gasteiger partial charge >= 0.3 is 6.03 Å². The van der Waals surface area contributed by atoms with Gasteiger partial charge in [0.15, 0.2) is 5.82 Å². The lowest BCUT2D eigenvalue weighted by atomic mass is 10.0. The highest BCUT2D eigenvalue weighted by Crippen LogP contribution is 2.26. The van der Waals surface area contributed by atoms with Gasteiger partial charge in [-0.2, -0.15) is 0 Å². The number of para-hydroxylation sites is 2. The molecule has 1 fully saturated rings. The number of urea groups is 1. The Bertz CT molecular complexity index is 983. The van der Waals surface area contributed by atoms with Gasteiger partial charge in [0.2, 0.25) is 0 Å². The summed E-state index contributed by atoms with van der Waals surface area (Å²) in [6, 6.07) is 14.0. The minimum Gasteiger partial charge on any atom is -0.337 e. The van der Waals surface area contributed by atoms with Crippen molar-refractivity contribution in [3.8, 4) is 0 Å². The first-order valence-electron chi connectivity index (χ1n) is 8.47. The van der Waals surface area contributed by atoms with Crippen molar-refractivity contribution in [1.82, 2.24) is 15.3 Å². The van der Waals surface area contributed by atoms with Gasteiger partial charge in [0.25, 0.3) is 0 Å². The van der Waals surface area contributed by atoms with Crippen molar-refractivity contribution in [2.45, 2.75) is 25.4 Å². The SMILES string of the molecule is O=C(Nc1ccc2c(c1)C(c1nc3ccccc3[nH]1)=NC2)NC1CC1. The topological polar surface area (TPSA) is 82.2 Å². The molecule has 2 aliphatic rings. The third kappa shape index (κ3) is 2.65. The van der Waals surface area contributed by atoms with E-state index in [4.69, 9.17) is 0 Å². The van der Waals surface area contributed by atoms with Crippen molar-refractivity contribution in [2.75, 3.05) is 5.32 Å². The number of aromatic nitrogens is 2. The molecular weight excluding hydrogens is 314 g/mol. The van der Waals surface area contributed by atoms with E-state index in [-0.39, 0.29) is 6.03 Å². The number of carbonyl (C=O) groups is 1. The standard InChI is InChI=1S/C19H17N5O/c25-19(21-12-7-8-12)22-13-6-5-11-10-20-17(14(11)9-13)18-23-15-3-1-2-4-16(15)24-18/h1-6,9,12H,7-8,10H2,(H,23,24)(H2,21,22,25). The van der Waals surface area contributed by atoms with Crippen molar-refractivity contribution >= 4 is 28.5 Å². The Morgan fingerprint density at radius 1 is 1.16 bits per heavy atom. The Hall–Kier alpha value is -3.15. The number of carbonyl (C=O) groups excluding carboxylic acids is 1. The number of nitrogens with one attached hydrogen (secondary N) is 3. The number of aromatic amines is 1. The monoisotopic (exact) mass is 331 g/mol. The second-order valence-corrected chi connectivity index (χ2v) is 6.51. The van der Waals surface area contributed by atoms with Crippen LogP contribution >= 0.6 is 0 Å². The van der Waals surface area contributed by atoms with Crippen molar-refractivity contribution in [3.05, 3.63) is 59.4 Å². The quantitative estimate of drug-likeness (QED) is 0.689. The number of aliphatic imine (C=N–C) groups is 1. The van der Waals surface area contributed by atoms with Crippen molar-refractivity contribution in [3.63, 3.8) is 0 Å². The fraction of sp³-hybridized carbons (Fsp3) is 0.211. The highest BCUT2D eigenvalue weighted by molar-refractivity contribution is 6.14. The molecule has 0 spiro atoms. The van der Waals surface area contributed by atoms with Crippen LogP contribution in [0, 0.1) is 0 Å². The highest BCUT2D eigenvalue weighted by Gasteiger charge is 2.24. The maximum Gasteiger partial charge on any atom is 0.319 e. The Labute approximate surface area is 144 Å². The first kappa shape index (κ1) is 14.2. The number of H-pyrrole nitrogens is 1. The first-order chi connectivity index (χ1) is 12.3. The van der Waals surface area contributed by atoms with E-state index in [1.165, 1.54) is 0 Å². The van der Waals surface area contributed by atoms with Gasteiger partial charge in [-0.05, 0) is 42.7 Å². The van der Waals surface area contributed by atoms with Crippen molar-refractivity contribution in [2.24, 2.45) is 4.99 Å². The third-order valence-electron chi connectivity index (χ3n) is 4.56. The van der Waals surface area contributed by atoms with Gasteiger partial charge in [-0.1, -0.05) is 18.2 Å². The van der Waals surface area contributed by atoms with Gasteiger partial charge in [-0.3, -0.25) is 4.99 Å². The Morgan fingerprint density at radius 3 is 2.88 bits per heavy atom. The smallest absolute Gasteiger partial charge is 0.319 e. The van der Waals surface area contributed by atoms with Crippen LogP contribution in [0.3, 0.4) is 0 Å². The second-order valence-electron chi connectivity index (χ2n) is 6.51. The molecule has 1 aromatic heterocycles. The lowest BCUT2D eigenvalue weighted by Gasteiger charge is -2.09. The Kier molecular flexibility index (Phi) is 3.09. The van der Waals surface area contributed by atoms with E-state index < -0.39 is 0 Å². The molecule has 3 aromatic rings. The fourth-order valence-electron chi connectivity index (χ4n) is 3.11.